The second kappa shape index (κ2) is 23.1. The van der Waals surface area contributed by atoms with Crippen LogP contribution < -0.4 is 27.8 Å². The van der Waals surface area contributed by atoms with Gasteiger partial charge in [0.25, 0.3) is 0 Å². The lowest BCUT2D eigenvalue weighted by molar-refractivity contribution is -0.131. The van der Waals surface area contributed by atoms with Crippen LogP contribution in [0.2, 0.25) is 0 Å². The maximum absolute atomic E-state index is 12.6. The molecule has 0 aliphatic heterocycles. The molecule has 0 saturated heterocycles. The minimum atomic E-state index is -0.783. The lowest BCUT2D eigenvalue weighted by atomic mass is 10.0. The van der Waals surface area contributed by atoms with Crippen LogP contribution in [0.15, 0.2) is 0 Å². The van der Waals surface area contributed by atoms with Gasteiger partial charge in [0.15, 0.2) is 0 Å². The first kappa shape index (κ1) is 32.3. The monoisotopic (exact) mass is 483 g/mol. The zero-order valence-electron chi connectivity index (χ0n) is 21.8. The van der Waals surface area contributed by atoms with Gasteiger partial charge in [0, 0.05) is 6.42 Å². The van der Waals surface area contributed by atoms with Crippen LogP contribution >= 0.6 is 0 Å². The number of hydrogen-bond donors (Lipinski definition) is 5. The van der Waals surface area contributed by atoms with E-state index in [1.165, 1.54) is 64.2 Å². The molecule has 0 aromatic heterocycles. The average Bonchev–Trinajstić information content (AvgIpc) is 2.81. The minimum Gasteiger partial charge on any atom is -0.368 e. The largest absolute Gasteiger partial charge is 0.368 e. The molecule has 0 saturated carbocycles. The van der Waals surface area contributed by atoms with Crippen LogP contribution in [0.25, 0.3) is 0 Å². The van der Waals surface area contributed by atoms with Gasteiger partial charge in [0.05, 0.1) is 0 Å². The van der Waals surface area contributed by atoms with Gasteiger partial charge in [-0.25, -0.2) is 0 Å². The van der Waals surface area contributed by atoms with Gasteiger partial charge in [-0.3, -0.25) is 14.4 Å². The van der Waals surface area contributed by atoms with Crippen molar-refractivity contribution in [3.8, 4) is 0 Å². The van der Waals surface area contributed by atoms with Gasteiger partial charge in [-0.1, -0.05) is 84.0 Å². The number of hydrogen-bond acceptors (Lipinski definition) is 5. The van der Waals surface area contributed by atoms with Crippen LogP contribution in [0.5, 0.6) is 0 Å². The Kier molecular flexibility index (Phi) is 22.0. The Balaban J connectivity index is 4.07. The van der Waals surface area contributed by atoms with Gasteiger partial charge in [-0.05, 0) is 45.2 Å². The van der Waals surface area contributed by atoms with E-state index in [9.17, 15) is 14.4 Å². The molecule has 2 atom stereocenters. The van der Waals surface area contributed by atoms with E-state index >= 15 is 0 Å². The van der Waals surface area contributed by atoms with Crippen molar-refractivity contribution in [2.45, 2.75) is 135 Å². The third kappa shape index (κ3) is 18.7. The van der Waals surface area contributed by atoms with E-state index in [1.807, 2.05) is 0 Å². The molecule has 0 aromatic carbocycles. The van der Waals surface area contributed by atoms with Crippen LogP contribution in [0.3, 0.4) is 0 Å². The molecule has 34 heavy (non-hydrogen) atoms. The Bertz CT molecular complexity index is 531. The maximum Gasteiger partial charge on any atom is 0.243 e. The third-order valence-corrected chi connectivity index (χ3v) is 6.21. The van der Waals surface area contributed by atoms with Gasteiger partial charge in [0.1, 0.15) is 12.1 Å². The van der Waals surface area contributed by atoms with E-state index in [-0.39, 0.29) is 5.91 Å². The molecule has 0 unspecified atom stereocenters. The molecular weight excluding hydrogens is 430 g/mol. The molecule has 0 rings (SSSR count). The maximum atomic E-state index is 12.6. The molecule has 0 heterocycles. The molecule has 0 fully saturated rings. The molecule has 8 heteroatoms. The van der Waals surface area contributed by atoms with Crippen LogP contribution in [0.4, 0.5) is 0 Å². The Morgan fingerprint density at radius 3 is 1.50 bits per heavy atom. The van der Waals surface area contributed by atoms with Crippen molar-refractivity contribution in [3.05, 3.63) is 0 Å². The van der Waals surface area contributed by atoms with E-state index in [4.69, 9.17) is 17.2 Å². The summed E-state index contributed by atoms with van der Waals surface area (Å²) in [5.74, 6) is -1.14. The molecule has 0 aliphatic carbocycles. The van der Waals surface area contributed by atoms with Crippen molar-refractivity contribution in [2.24, 2.45) is 17.2 Å². The molecule has 8 nitrogen and oxygen atoms in total. The SMILES string of the molecule is CCCCCCCCCCCCCCCC(=O)N[C@@H](CCCN)C(=O)N[C@@H](CCCN)C(N)=O. The summed E-state index contributed by atoms with van der Waals surface area (Å²) in [6.07, 6.45) is 18.7. The average molecular weight is 484 g/mol. The fourth-order valence-corrected chi connectivity index (χ4v) is 4.04. The fourth-order valence-electron chi connectivity index (χ4n) is 4.04. The topological polar surface area (TPSA) is 153 Å². The van der Waals surface area contributed by atoms with Gasteiger partial charge >= 0.3 is 0 Å². The highest BCUT2D eigenvalue weighted by Crippen LogP contribution is 2.13. The van der Waals surface area contributed by atoms with Gasteiger partial charge < -0.3 is 27.8 Å². The quantitative estimate of drug-likeness (QED) is 0.133. The highest BCUT2D eigenvalue weighted by Gasteiger charge is 2.24. The number of rotatable bonds is 24. The van der Waals surface area contributed by atoms with E-state index < -0.39 is 23.9 Å². The van der Waals surface area contributed by atoms with E-state index in [0.717, 1.165) is 19.3 Å². The van der Waals surface area contributed by atoms with Crippen molar-refractivity contribution in [3.63, 3.8) is 0 Å². The lowest BCUT2D eigenvalue weighted by Gasteiger charge is -2.22. The van der Waals surface area contributed by atoms with Gasteiger partial charge in [-0.15, -0.1) is 0 Å². The minimum absolute atomic E-state index is 0.141. The summed E-state index contributed by atoms with van der Waals surface area (Å²) in [4.78, 5) is 36.6. The van der Waals surface area contributed by atoms with Crippen LogP contribution in [-0.2, 0) is 14.4 Å². The fraction of sp³-hybridized carbons (Fsp3) is 0.885. The van der Waals surface area contributed by atoms with Gasteiger partial charge in [0.2, 0.25) is 17.7 Å². The predicted molar refractivity (Wildman–Crippen MR) is 140 cm³/mol. The zero-order chi connectivity index (χ0) is 25.4. The number of primary amides is 1. The normalized spacial score (nSPS) is 12.8. The molecule has 8 N–H and O–H groups in total. The second-order valence-corrected chi connectivity index (χ2v) is 9.44. The number of nitrogens with two attached hydrogens (primary N) is 3. The number of amides is 3. The number of unbranched alkanes of at least 4 members (excludes halogenated alkanes) is 12. The predicted octanol–water partition coefficient (Wildman–Crippen LogP) is 3.40. The third-order valence-electron chi connectivity index (χ3n) is 6.21. The number of carbonyl (C=O) groups is 3. The first-order valence-electron chi connectivity index (χ1n) is 13.7. The molecular formula is C26H53N5O3. The lowest BCUT2D eigenvalue weighted by Crippen LogP contribution is -2.53. The summed E-state index contributed by atoms with van der Waals surface area (Å²) in [5.41, 5.74) is 16.5. The molecule has 0 aliphatic rings. The standard InChI is InChI=1S/C26H53N5O3/c1-2-3-4-5-6-7-8-9-10-11-12-13-14-19-24(32)30-23(18-16-21-28)26(34)31-22(25(29)33)17-15-20-27/h22-23H,2-21,27-28H2,1H3,(H2,29,33)(H,30,32)(H,31,34)/t22-,23-/m0/s1. The van der Waals surface area contributed by atoms with Gasteiger partial charge in [-0.2, -0.15) is 0 Å². The first-order chi connectivity index (χ1) is 16.5. The van der Waals surface area contributed by atoms with E-state index in [2.05, 4.69) is 17.6 Å². The summed E-state index contributed by atoms with van der Waals surface area (Å²) in [6, 6.07) is -1.49. The summed E-state index contributed by atoms with van der Waals surface area (Å²) in [5, 5.41) is 5.47. The van der Waals surface area contributed by atoms with Crippen molar-refractivity contribution in [1.29, 1.82) is 0 Å². The second-order valence-electron chi connectivity index (χ2n) is 9.44. The highest BCUT2D eigenvalue weighted by atomic mass is 16.2. The highest BCUT2D eigenvalue weighted by molar-refractivity contribution is 5.91. The number of nitrogens with one attached hydrogen (secondary N) is 2. The van der Waals surface area contributed by atoms with Crippen LogP contribution in [-0.4, -0.2) is 42.9 Å². The van der Waals surface area contributed by atoms with Crippen LogP contribution in [0, 0.1) is 0 Å². The van der Waals surface area contributed by atoms with E-state index in [1.54, 1.807) is 0 Å². The molecule has 0 spiro atoms. The Labute approximate surface area is 207 Å². The molecule has 0 radical (unpaired) electrons. The summed E-state index contributed by atoms with van der Waals surface area (Å²) in [6.45, 7) is 3.08. The molecule has 0 bridgehead atoms. The zero-order valence-corrected chi connectivity index (χ0v) is 21.8. The molecule has 3 amide bonds. The smallest absolute Gasteiger partial charge is 0.243 e. The van der Waals surface area contributed by atoms with E-state index in [0.29, 0.717) is 45.2 Å². The summed E-state index contributed by atoms with van der Waals surface area (Å²) in [7, 11) is 0. The van der Waals surface area contributed by atoms with Crippen molar-refractivity contribution in [2.75, 3.05) is 13.1 Å². The molecule has 200 valence electrons. The van der Waals surface area contributed by atoms with Crippen LogP contribution in [0.1, 0.15) is 122 Å². The summed E-state index contributed by atoms with van der Waals surface area (Å²) >= 11 is 0. The van der Waals surface area contributed by atoms with Crippen molar-refractivity contribution < 1.29 is 14.4 Å². The Morgan fingerprint density at radius 2 is 1.06 bits per heavy atom. The summed E-state index contributed by atoms with van der Waals surface area (Å²) < 4.78 is 0. The Hall–Kier alpha value is -1.67. The Morgan fingerprint density at radius 1 is 0.618 bits per heavy atom. The van der Waals surface area contributed by atoms with Crippen molar-refractivity contribution >= 4 is 17.7 Å². The van der Waals surface area contributed by atoms with Crippen molar-refractivity contribution in [1.82, 2.24) is 10.6 Å². The number of carbonyl (C=O) groups excluding carboxylic acids is 3. The molecule has 0 aromatic rings. The first-order valence-corrected chi connectivity index (χ1v) is 13.7.